The fourth-order valence-corrected chi connectivity index (χ4v) is 1.43. The van der Waals surface area contributed by atoms with Gasteiger partial charge in [0, 0.05) is 21.2 Å². The molecule has 0 aliphatic rings. The van der Waals surface area contributed by atoms with Gasteiger partial charge in [-0.3, -0.25) is 0 Å². The quantitative estimate of drug-likeness (QED) is 0.393. The van der Waals surface area contributed by atoms with Gasteiger partial charge in [-0.15, -0.1) is 0 Å². The largest absolute Gasteiger partial charge is 0.0625 e. The van der Waals surface area contributed by atoms with Crippen LogP contribution in [0.25, 0.3) is 20.9 Å². The normalized spacial score (nSPS) is 9.44. The summed E-state index contributed by atoms with van der Waals surface area (Å²) in [6.07, 6.45) is 0.893. The first-order valence-corrected chi connectivity index (χ1v) is 4.90. The van der Waals surface area contributed by atoms with Crippen molar-refractivity contribution in [1.82, 2.24) is 0 Å². The van der Waals surface area contributed by atoms with E-state index in [0.717, 1.165) is 12.0 Å². The van der Waals surface area contributed by atoms with Gasteiger partial charge in [0.15, 0.2) is 0 Å². The van der Waals surface area contributed by atoms with Gasteiger partial charge < -0.3 is 0 Å². The highest BCUT2D eigenvalue weighted by molar-refractivity contribution is 5.62. The van der Waals surface area contributed by atoms with Crippen LogP contribution in [0.2, 0.25) is 0 Å². The SMILES string of the molecule is CC(C)Cc1ccc(N=[N+]=[N-])c(N=[N+]=[N-])c1. The molecule has 0 unspecified atom stereocenters. The third-order valence-corrected chi connectivity index (χ3v) is 1.99. The average molecular weight is 216 g/mol. The van der Waals surface area contributed by atoms with Gasteiger partial charge in [-0.25, -0.2) is 0 Å². The van der Waals surface area contributed by atoms with E-state index in [1.54, 1.807) is 12.1 Å². The van der Waals surface area contributed by atoms with Crippen molar-refractivity contribution in [3.05, 3.63) is 44.6 Å². The van der Waals surface area contributed by atoms with Crippen molar-refractivity contribution in [1.29, 1.82) is 0 Å². The first-order chi connectivity index (χ1) is 7.67. The summed E-state index contributed by atoms with van der Waals surface area (Å²) in [4.78, 5) is 5.39. The molecule has 82 valence electrons. The standard InChI is InChI=1S/C10H12N6/c1-7(2)5-8-3-4-9(13-15-11)10(6-8)14-16-12/h3-4,6-7H,5H2,1-2H3. The summed E-state index contributed by atoms with van der Waals surface area (Å²) in [5.41, 5.74) is 18.6. The van der Waals surface area contributed by atoms with Crippen LogP contribution in [-0.2, 0) is 6.42 Å². The third kappa shape index (κ3) is 3.20. The van der Waals surface area contributed by atoms with E-state index in [1.807, 2.05) is 6.07 Å². The summed E-state index contributed by atoms with van der Waals surface area (Å²) in [6.45, 7) is 4.21. The van der Waals surface area contributed by atoms with Crippen LogP contribution in [0.15, 0.2) is 28.4 Å². The minimum atomic E-state index is 0.354. The second-order valence-corrected chi connectivity index (χ2v) is 3.80. The van der Waals surface area contributed by atoms with Crippen LogP contribution in [0.4, 0.5) is 11.4 Å². The van der Waals surface area contributed by atoms with Gasteiger partial charge in [-0.2, -0.15) is 0 Å². The van der Waals surface area contributed by atoms with E-state index >= 15 is 0 Å². The molecule has 6 nitrogen and oxygen atoms in total. The Bertz CT molecular complexity index is 466. The van der Waals surface area contributed by atoms with E-state index < -0.39 is 0 Å². The minimum Gasteiger partial charge on any atom is -0.0625 e. The van der Waals surface area contributed by atoms with Crippen molar-refractivity contribution in [3.8, 4) is 0 Å². The van der Waals surface area contributed by atoms with E-state index in [2.05, 4.69) is 33.9 Å². The minimum absolute atomic E-state index is 0.354. The first-order valence-electron chi connectivity index (χ1n) is 4.90. The molecule has 6 heteroatoms. The predicted molar refractivity (Wildman–Crippen MR) is 62.6 cm³/mol. The lowest BCUT2D eigenvalue weighted by atomic mass is 10.0. The molecule has 0 spiro atoms. The maximum absolute atomic E-state index is 8.41. The van der Waals surface area contributed by atoms with E-state index in [9.17, 15) is 0 Å². The maximum atomic E-state index is 8.41. The topological polar surface area (TPSA) is 97.5 Å². The van der Waals surface area contributed by atoms with Crippen molar-refractivity contribution in [2.45, 2.75) is 20.3 Å². The number of hydrogen-bond acceptors (Lipinski definition) is 2. The molecule has 0 radical (unpaired) electrons. The second-order valence-electron chi connectivity index (χ2n) is 3.80. The van der Waals surface area contributed by atoms with E-state index in [1.165, 1.54) is 0 Å². The number of rotatable bonds is 4. The van der Waals surface area contributed by atoms with Crippen LogP contribution < -0.4 is 0 Å². The van der Waals surface area contributed by atoms with Gasteiger partial charge in [0.1, 0.15) is 0 Å². The van der Waals surface area contributed by atoms with Gasteiger partial charge in [0.25, 0.3) is 0 Å². The molecule has 0 bridgehead atoms. The molecule has 0 amide bonds. The molecule has 0 saturated carbocycles. The fraction of sp³-hybridized carbons (Fsp3) is 0.400. The zero-order valence-electron chi connectivity index (χ0n) is 9.20. The van der Waals surface area contributed by atoms with Crippen molar-refractivity contribution >= 4 is 11.4 Å². The molecule has 0 aliphatic carbocycles. The van der Waals surface area contributed by atoms with Crippen molar-refractivity contribution in [3.63, 3.8) is 0 Å². The van der Waals surface area contributed by atoms with Gasteiger partial charge in [-0.05, 0) is 35.0 Å². The number of hydrogen-bond donors (Lipinski definition) is 0. The smallest absolute Gasteiger partial charge is 0.0473 e. The third-order valence-electron chi connectivity index (χ3n) is 1.99. The summed E-state index contributed by atoms with van der Waals surface area (Å²) < 4.78 is 0. The Balaban J connectivity index is 3.16. The molecule has 0 aliphatic heterocycles. The monoisotopic (exact) mass is 216 g/mol. The Morgan fingerprint density at radius 1 is 1.12 bits per heavy atom. The first kappa shape index (κ1) is 11.9. The molecule has 0 saturated heterocycles. The van der Waals surface area contributed by atoms with Crippen LogP contribution in [0.1, 0.15) is 19.4 Å². The molecular formula is C10H12N6. The van der Waals surface area contributed by atoms with Gasteiger partial charge in [0.05, 0.1) is 0 Å². The summed E-state index contributed by atoms with van der Waals surface area (Å²) in [5, 5.41) is 6.97. The molecule has 0 heterocycles. The molecule has 1 aromatic rings. The lowest BCUT2D eigenvalue weighted by Gasteiger charge is -2.06. The Kier molecular flexibility index (Phi) is 4.21. The summed E-state index contributed by atoms with van der Waals surface area (Å²) >= 11 is 0. The summed E-state index contributed by atoms with van der Waals surface area (Å²) in [5.74, 6) is 0.518. The Morgan fingerprint density at radius 3 is 2.31 bits per heavy atom. The molecule has 0 N–H and O–H groups in total. The lowest BCUT2D eigenvalue weighted by Crippen LogP contribution is -1.93. The Morgan fingerprint density at radius 2 is 1.75 bits per heavy atom. The molecule has 1 rings (SSSR count). The Labute approximate surface area is 93.2 Å². The molecule has 1 aromatic carbocycles. The summed E-state index contributed by atoms with van der Waals surface area (Å²) in [7, 11) is 0. The predicted octanol–water partition coefficient (Wildman–Crippen LogP) is 4.77. The van der Waals surface area contributed by atoms with Gasteiger partial charge >= 0.3 is 0 Å². The van der Waals surface area contributed by atoms with Crippen molar-refractivity contribution in [2.24, 2.45) is 16.1 Å². The van der Waals surface area contributed by atoms with Gasteiger partial charge in [0.2, 0.25) is 0 Å². The number of azide groups is 2. The zero-order chi connectivity index (χ0) is 12.0. The lowest BCUT2D eigenvalue weighted by molar-refractivity contribution is 0.647. The highest BCUT2D eigenvalue weighted by Crippen LogP contribution is 2.30. The van der Waals surface area contributed by atoms with Crippen LogP contribution in [-0.4, -0.2) is 0 Å². The molecular weight excluding hydrogens is 204 g/mol. The van der Waals surface area contributed by atoms with Crippen LogP contribution in [0.3, 0.4) is 0 Å². The fourth-order valence-electron chi connectivity index (χ4n) is 1.43. The zero-order valence-corrected chi connectivity index (χ0v) is 9.20. The second kappa shape index (κ2) is 5.66. The van der Waals surface area contributed by atoms with Crippen molar-refractivity contribution in [2.75, 3.05) is 0 Å². The van der Waals surface area contributed by atoms with Gasteiger partial charge in [-0.1, -0.05) is 36.2 Å². The highest BCUT2D eigenvalue weighted by Gasteiger charge is 2.02. The van der Waals surface area contributed by atoms with E-state index in [0.29, 0.717) is 17.3 Å². The van der Waals surface area contributed by atoms with E-state index in [4.69, 9.17) is 11.1 Å². The average Bonchev–Trinajstić information content (AvgIpc) is 2.21. The summed E-state index contributed by atoms with van der Waals surface area (Å²) in [6, 6.07) is 5.30. The molecule has 0 atom stereocenters. The number of nitrogens with zero attached hydrogens (tertiary/aromatic N) is 6. The molecule has 0 fully saturated rings. The van der Waals surface area contributed by atoms with Crippen LogP contribution in [0.5, 0.6) is 0 Å². The highest BCUT2D eigenvalue weighted by atomic mass is 15.2. The van der Waals surface area contributed by atoms with Crippen LogP contribution in [0, 0.1) is 5.92 Å². The molecule has 0 aromatic heterocycles. The number of benzene rings is 1. The van der Waals surface area contributed by atoms with Crippen molar-refractivity contribution < 1.29 is 0 Å². The van der Waals surface area contributed by atoms with E-state index in [-0.39, 0.29) is 0 Å². The molecule has 16 heavy (non-hydrogen) atoms. The maximum Gasteiger partial charge on any atom is 0.0473 e. The van der Waals surface area contributed by atoms with Crippen LogP contribution >= 0.6 is 0 Å². The Hall–Kier alpha value is -2.16.